The SMILES string of the molecule is CCCC(CNC(=O)OC(C)(C)C)NC(C)C(C)OC. The van der Waals surface area contributed by atoms with Gasteiger partial charge < -0.3 is 20.1 Å². The highest BCUT2D eigenvalue weighted by Crippen LogP contribution is 2.07. The number of carbonyl (C=O) groups is 1. The second kappa shape index (κ2) is 9.19. The molecule has 0 spiro atoms. The average molecular weight is 288 g/mol. The first-order valence-electron chi connectivity index (χ1n) is 7.45. The van der Waals surface area contributed by atoms with E-state index in [0.29, 0.717) is 6.54 Å². The lowest BCUT2D eigenvalue weighted by atomic mass is 10.1. The van der Waals surface area contributed by atoms with E-state index < -0.39 is 5.60 Å². The first-order valence-corrected chi connectivity index (χ1v) is 7.45. The molecule has 5 nitrogen and oxygen atoms in total. The van der Waals surface area contributed by atoms with Crippen LogP contribution in [-0.2, 0) is 9.47 Å². The van der Waals surface area contributed by atoms with E-state index in [0.717, 1.165) is 12.8 Å². The van der Waals surface area contributed by atoms with Crippen molar-refractivity contribution < 1.29 is 14.3 Å². The molecule has 120 valence electrons. The van der Waals surface area contributed by atoms with Crippen LogP contribution in [0.15, 0.2) is 0 Å². The summed E-state index contributed by atoms with van der Waals surface area (Å²) < 4.78 is 10.5. The molecule has 0 aliphatic heterocycles. The molecule has 0 fully saturated rings. The molecule has 0 radical (unpaired) electrons. The van der Waals surface area contributed by atoms with E-state index in [1.807, 2.05) is 27.7 Å². The van der Waals surface area contributed by atoms with Crippen molar-refractivity contribution >= 4 is 6.09 Å². The maximum Gasteiger partial charge on any atom is 0.407 e. The molecule has 1 amide bonds. The van der Waals surface area contributed by atoms with E-state index in [2.05, 4.69) is 24.5 Å². The van der Waals surface area contributed by atoms with Gasteiger partial charge in [-0.15, -0.1) is 0 Å². The van der Waals surface area contributed by atoms with Gasteiger partial charge in [0.15, 0.2) is 0 Å². The highest BCUT2D eigenvalue weighted by molar-refractivity contribution is 5.67. The lowest BCUT2D eigenvalue weighted by Gasteiger charge is -2.27. The quantitative estimate of drug-likeness (QED) is 0.721. The van der Waals surface area contributed by atoms with Crippen molar-refractivity contribution in [1.82, 2.24) is 10.6 Å². The molecular formula is C15H32N2O3. The fourth-order valence-corrected chi connectivity index (χ4v) is 1.82. The van der Waals surface area contributed by atoms with Gasteiger partial charge in [0, 0.05) is 25.7 Å². The van der Waals surface area contributed by atoms with Gasteiger partial charge in [0.05, 0.1) is 6.10 Å². The van der Waals surface area contributed by atoms with E-state index in [4.69, 9.17) is 9.47 Å². The molecule has 0 saturated carbocycles. The monoisotopic (exact) mass is 288 g/mol. The lowest BCUT2D eigenvalue weighted by Crippen LogP contribution is -2.48. The molecule has 0 bridgehead atoms. The van der Waals surface area contributed by atoms with Crippen molar-refractivity contribution in [3.8, 4) is 0 Å². The van der Waals surface area contributed by atoms with Gasteiger partial charge in [0.1, 0.15) is 5.60 Å². The van der Waals surface area contributed by atoms with E-state index in [9.17, 15) is 4.79 Å². The van der Waals surface area contributed by atoms with E-state index in [1.54, 1.807) is 7.11 Å². The predicted molar refractivity (Wildman–Crippen MR) is 82.0 cm³/mol. The number of methoxy groups -OCH3 is 1. The summed E-state index contributed by atoms with van der Waals surface area (Å²) in [7, 11) is 1.70. The van der Waals surface area contributed by atoms with Gasteiger partial charge in [-0.05, 0) is 41.0 Å². The van der Waals surface area contributed by atoms with E-state index in [-0.39, 0.29) is 24.3 Å². The van der Waals surface area contributed by atoms with Crippen LogP contribution in [0.3, 0.4) is 0 Å². The number of hydrogen-bond donors (Lipinski definition) is 2. The second-order valence-electron chi connectivity index (χ2n) is 6.26. The number of amides is 1. The number of rotatable bonds is 8. The number of carbonyl (C=O) groups excluding carboxylic acids is 1. The summed E-state index contributed by atoms with van der Waals surface area (Å²) in [6, 6.07) is 0.456. The van der Waals surface area contributed by atoms with Crippen molar-refractivity contribution in [3.63, 3.8) is 0 Å². The summed E-state index contributed by atoms with van der Waals surface area (Å²) >= 11 is 0. The summed E-state index contributed by atoms with van der Waals surface area (Å²) in [6.07, 6.45) is 1.82. The molecule has 0 rings (SSSR count). The zero-order chi connectivity index (χ0) is 15.8. The standard InChI is InChI=1S/C15H32N2O3/c1-8-9-13(17-11(2)12(3)19-7)10-16-14(18)20-15(4,5)6/h11-13,17H,8-10H2,1-7H3,(H,16,18). The van der Waals surface area contributed by atoms with Gasteiger partial charge >= 0.3 is 6.09 Å². The minimum absolute atomic E-state index is 0.135. The third kappa shape index (κ3) is 9.15. The van der Waals surface area contributed by atoms with Crippen LogP contribution >= 0.6 is 0 Å². The Morgan fingerprint density at radius 1 is 1.25 bits per heavy atom. The normalized spacial score (nSPS) is 16.4. The molecule has 3 unspecified atom stereocenters. The maximum atomic E-state index is 11.7. The molecule has 2 N–H and O–H groups in total. The Labute approximate surface area is 123 Å². The van der Waals surface area contributed by atoms with Crippen LogP contribution in [0.5, 0.6) is 0 Å². The maximum absolute atomic E-state index is 11.7. The molecule has 0 saturated heterocycles. The zero-order valence-electron chi connectivity index (χ0n) is 14.1. The smallest absolute Gasteiger partial charge is 0.407 e. The molecule has 20 heavy (non-hydrogen) atoms. The van der Waals surface area contributed by atoms with Crippen LogP contribution in [0, 0.1) is 0 Å². The van der Waals surface area contributed by atoms with Crippen LogP contribution in [0.25, 0.3) is 0 Å². The van der Waals surface area contributed by atoms with Gasteiger partial charge in [0.25, 0.3) is 0 Å². The molecule has 0 aromatic heterocycles. The number of alkyl carbamates (subject to hydrolysis) is 1. The molecule has 5 heteroatoms. The van der Waals surface area contributed by atoms with Gasteiger partial charge in [-0.25, -0.2) is 4.79 Å². The number of nitrogens with one attached hydrogen (secondary N) is 2. The third-order valence-corrected chi connectivity index (χ3v) is 3.10. The van der Waals surface area contributed by atoms with Gasteiger partial charge in [0.2, 0.25) is 0 Å². The molecule has 0 aliphatic carbocycles. The first kappa shape index (κ1) is 19.2. The summed E-state index contributed by atoms with van der Waals surface area (Å²) in [5, 5.41) is 6.31. The molecule has 0 heterocycles. The molecule has 0 aromatic carbocycles. The minimum Gasteiger partial charge on any atom is -0.444 e. The molecule has 0 aromatic rings. The average Bonchev–Trinajstić information content (AvgIpc) is 2.33. The summed E-state index contributed by atoms with van der Waals surface area (Å²) in [5.41, 5.74) is -0.463. The predicted octanol–water partition coefficient (Wildman–Crippen LogP) is 2.69. The molecule has 3 atom stereocenters. The van der Waals surface area contributed by atoms with Gasteiger partial charge in [-0.3, -0.25) is 0 Å². The van der Waals surface area contributed by atoms with Crippen LogP contribution in [-0.4, -0.2) is 43.5 Å². The van der Waals surface area contributed by atoms with Crippen molar-refractivity contribution in [2.45, 2.75) is 78.2 Å². The van der Waals surface area contributed by atoms with Crippen molar-refractivity contribution in [2.75, 3.05) is 13.7 Å². The van der Waals surface area contributed by atoms with E-state index in [1.165, 1.54) is 0 Å². The van der Waals surface area contributed by atoms with Crippen LogP contribution < -0.4 is 10.6 Å². The first-order chi connectivity index (χ1) is 9.19. The Balaban J connectivity index is 4.24. The summed E-state index contributed by atoms with van der Waals surface area (Å²) in [4.78, 5) is 11.7. The molecular weight excluding hydrogens is 256 g/mol. The Morgan fingerprint density at radius 2 is 1.85 bits per heavy atom. The van der Waals surface area contributed by atoms with Crippen LogP contribution in [0.2, 0.25) is 0 Å². The Morgan fingerprint density at radius 3 is 2.30 bits per heavy atom. The lowest BCUT2D eigenvalue weighted by molar-refractivity contribution is 0.0514. The largest absolute Gasteiger partial charge is 0.444 e. The van der Waals surface area contributed by atoms with Crippen molar-refractivity contribution in [3.05, 3.63) is 0 Å². The highest BCUT2D eigenvalue weighted by Gasteiger charge is 2.19. The van der Waals surface area contributed by atoms with Crippen molar-refractivity contribution in [1.29, 1.82) is 0 Å². The zero-order valence-corrected chi connectivity index (χ0v) is 14.1. The Kier molecular flexibility index (Phi) is 8.81. The number of hydrogen-bond acceptors (Lipinski definition) is 4. The number of ether oxygens (including phenoxy) is 2. The van der Waals surface area contributed by atoms with Crippen molar-refractivity contribution in [2.24, 2.45) is 0 Å². The third-order valence-electron chi connectivity index (χ3n) is 3.10. The van der Waals surface area contributed by atoms with Crippen LogP contribution in [0.4, 0.5) is 4.79 Å². The fraction of sp³-hybridized carbons (Fsp3) is 0.933. The fourth-order valence-electron chi connectivity index (χ4n) is 1.82. The Hall–Kier alpha value is -0.810. The topological polar surface area (TPSA) is 59.6 Å². The van der Waals surface area contributed by atoms with E-state index >= 15 is 0 Å². The van der Waals surface area contributed by atoms with Gasteiger partial charge in [-0.2, -0.15) is 0 Å². The second-order valence-corrected chi connectivity index (χ2v) is 6.26. The minimum atomic E-state index is -0.463. The van der Waals surface area contributed by atoms with Crippen LogP contribution in [0.1, 0.15) is 54.4 Å². The van der Waals surface area contributed by atoms with Gasteiger partial charge in [-0.1, -0.05) is 13.3 Å². The highest BCUT2D eigenvalue weighted by atomic mass is 16.6. The summed E-state index contributed by atoms with van der Waals surface area (Å²) in [6.45, 7) is 12.4. The Bertz CT molecular complexity index is 277. The molecule has 0 aliphatic rings. The summed E-state index contributed by atoms with van der Waals surface area (Å²) in [5.74, 6) is 0.